The molecule has 0 aliphatic heterocycles. The summed E-state index contributed by atoms with van der Waals surface area (Å²) in [6.07, 6.45) is 3.24. The largest absolute Gasteiger partial charge is 0.273 e. The lowest BCUT2D eigenvalue weighted by atomic mass is 10.3. The Morgan fingerprint density at radius 3 is 2.71 bits per heavy atom. The Kier molecular flexibility index (Phi) is 2.33. The van der Waals surface area contributed by atoms with Gasteiger partial charge >= 0.3 is 0 Å². The third kappa shape index (κ3) is 1.68. The van der Waals surface area contributed by atoms with Crippen LogP contribution in [-0.2, 0) is 0 Å². The van der Waals surface area contributed by atoms with Crippen molar-refractivity contribution in [3.05, 3.63) is 57.6 Å². The number of aromatic nitrogens is 3. The van der Waals surface area contributed by atoms with E-state index in [2.05, 4.69) is 26.0 Å². The lowest BCUT2D eigenvalue weighted by molar-refractivity contribution is 0.891. The fourth-order valence-corrected chi connectivity index (χ4v) is 2.04. The molecule has 0 saturated heterocycles. The van der Waals surface area contributed by atoms with Gasteiger partial charge in [-0.1, -0.05) is 15.9 Å². The van der Waals surface area contributed by atoms with Gasteiger partial charge in [0.15, 0.2) is 0 Å². The first-order valence-corrected chi connectivity index (χ1v) is 5.86. The lowest BCUT2D eigenvalue weighted by Crippen LogP contribution is -2.03. The molecule has 84 valence electrons. The molecular formula is C12H8BrN3O. The first-order chi connectivity index (χ1) is 8.25. The summed E-state index contributed by atoms with van der Waals surface area (Å²) in [5.41, 5.74) is 1.61. The lowest BCUT2D eigenvalue weighted by Gasteiger charge is -2.03. The summed E-state index contributed by atoms with van der Waals surface area (Å²) in [5.74, 6) is 0. The minimum atomic E-state index is -0.129. The van der Waals surface area contributed by atoms with Crippen LogP contribution in [-0.4, -0.2) is 14.8 Å². The first-order valence-electron chi connectivity index (χ1n) is 5.06. The number of hydrogen-bond donors (Lipinski definition) is 1. The summed E-state index contributed by atoms with van der Waals surface area (Å²) in [7, 11) is 0. The second-order valence-corrected chi connectivity index (χ2v) is 4.56. The van der Waals surface area contributed by atoms with Gasteiger partial charge < -0.3 is 0 Å². The van der Waals surface area contributed by atoms with E-state index in [0.717, 1.165) is 15.7 Å². The third-order valence-corrected chi connectivity index (χ3v) is 3.11. The normalized spacial score (nSPS) is 10.9. The summed E-state index contributed by atoms with van der Waals surface area (Å²) < 4.78 is 2.76. The van der Waals surface area contributed by atoms with Crippen LogP contribution in [0.15, 0.2) is 52.0 Å². The number of nitrogens with zero attached hydrogens (tertiary/aromatic N) is 2. The van der Waals surface area contributed by atoms with Crippen molar-refractivity contribution >= 4 is 26.8 Å². The summed E-state index contributed by atoms with van der Waals surface area (Å²) in [4.78, 5) is 15.7. The van der Waals surface area contributed by atoms with E-state index < -0.39 is 0 Å². The third-order valence-electron chi connectivity index (χ3n) is 2.58. The van der Waals surface area contributed by atoms with Gasteiger partial charge in [0, 0.05) is 16.9 Å². The molecule has 0 spiro atoms. The van der Waals surface area contributed by atoms with Crippen molar-refractivity contribution in [2.24, 2.45) is 0 Å². The average Bonchev–Trinajstić information content (AvgIpc) is 2.69. The summed E-state index contributed by atoms with van der Waals surface area (Å²) in [5, 5.41) is 3.39. The van der Waals surface area contributed by atoms with E-state index in [0.29, 0.717) is 5.39 Å². The average molecular weight is 290 g/mol. The van der Waals surface area contributed by atoms with E-state index in [4.69, 9.17) is 0 Å². The minimum Gasteiger partial charge on any atom is -0.267 e. The van der Waals surface area contributed by atoms with E-state index in [1.54, 1.807) is 17.1 Å². The number of hydrogen-bond acceptors (Lipinski definition) is 2. The Morgan fingerprint density at radius 1 is 1.18 bits per heavy atom. The quantitative estimate of drug-likeness (QED) is 0.748. The number of H-pyrrole nitrogens is 1. The van der Waals surface area contributed by atoms with Crippen molar-refractivity contribution in [1.29, 1.82) is 0 Å². The highest BCUT2D eigenvalue weighted by atomic mass is 79.9. The Morgan fingerprint density at radius 2 is 1.94 bits per heavy atom. The van der Waals surface area contributed by atoms with Crippen molar-refractivity contribution < 1.29 is 0 Å². The summed E-state index contributed by atoms with van der Waals surface area (Å²) in [6.45, 7) is 0. The zero-order chi connectivity index (χ0) is 11.8. The summed E-state index contributed by atoms with van der Waals surface area (Å²) >= 11 is 3.38. The van der Waals surface area contributed by atoms with Crippen molar-refractivity contribution in [3.63, 3.8) is 0 Å². The van der Waals surface area contributed by atoms with E-state index in [-0.39, 0.29) is 5.56 Å². The van der Waals surface area contributed by atoms with Crippen LogP contribution >= 0.6 is 15.9 Å². The van der Waals surface area contributed by atoms with E-state index in [9.17, 15) is 4.79 Å². The molecule has 3 aromatic rings. The number of aromatic amines is 1. The Labute approximate surface area is 105 Å². The van der Waals surface area contributed by atoms with Crippen LogP contribution in [0.5, 0.6) is 0 Å². The van der Waals surface area contributed by atoms with Gasteiger partial charge in [-0.05, 0) is 30.3 Å². The number of fused-ring (bicyclic) bond motifs is 1. The zero-order valence-corrected chi connectivity index (χ0v) is 10.3. The number of nitrogens with one attached hydrogen (secondary N) is 1. The predicted molar refractivity (Wildman–Crippen MR) is 69.4 cm³/mol. The van der Waals surface area contributed by atoms with Gasteiger partial charge in [-0.15, -0.1) is 0 Å². The first kappa shape index (κ1) is 10.3. The highest BCUT2D eigenvalue weighted by Crippen LogP contribution is 2.16. The maximum absolute atomic E-state index is 11.7. The molecule has 1 aromatic carbocycles. The molecule has 17 heavy (non-hydrogen) atoms. The fourth-order valence-electron chi connectivity index (χ4n) is 1.77. The molecule has 0 amide bonds. The monoisotopic (exact) mass is 289 g/mol. The fraction of sp³-hybridized carbons (Fsp3) is 0. The predicted octanol–water partition coefficient (Wildman–Crippen LogP) is 2.48. The highest BCUT2D eigenvalue weighted by Gasteiger charge is 2.07. The number of rotatable bonds is 1. The molecule has 0 atom stereocenters. The second kappa shape index (κ2) is 3.85. The molecule has 5 heteroatoms. The molecule has 2 aromatic heterocycles. The zero-order valence-electron chi connectivity index (χ0n) is 8.72. The van der Waals surface area contributed by atoms with Crippen LogP contribution in [0.3, 0.4) is 0 Å². The molecule has 0 unspecified atom stereocenters. The van der Waals surface area contributed by atoms with Gasteiger partial charge in [0.2, 0.25) is 0 Å². The maximum atomic E-state index is 11.7. The van der Waals surface area contributed by atoms with Crippen molar-refractivity contribution in [2.75, 3.05) is 0 Å². The van der Waals surface area contributed by atoms with E-state index in [1.165, 1.54) is 0 Å². The van der Waals surface area contributed by atoms with Crippen LogP contribution in [0.1, 0.15) is 0 Å². The molecule has 0 radical (unpaired) electrons. The van der Waals surface area contributed by atoms with Crippen LogP contribution in [0.4, 0.5) is 0 Å². The van der Waals surface area contributed by atoms with Gasteiger partial charge in [-0.3, -0.25) is 19.6 Å². The minimum absolute atomic E-state index is 0.129. The Hall–Kier alpha value is -1.88. The molecule has 0 saturated carbocycles. The molecule has 0 aliphatic rings. The van der Waals surface area contributed by atoms with Gasteiger partial charge in [-0.2, -0.15) is 0 Å². The number of halogens is 1. The number of pyridine rings is 1. The van der Waals surface area contributed by atoms with E-state index >= 15 is 0 Å². The Balaban J connectivity index is 2.31. The maximum Gasteiger partial charge on any atom is 0.273 e. The molecule has 4 nitrogen and oxygen atoms in total. The number of benzene rings is 1. The van der Waals surface area contributed by atoms with Crippen molar-refractivity contribution in [1.82, 2.24) is 14.8 Å². The van der Waals surface area contributed by atoms with E-state index in [1.807, 2.05) is 30.3 Å². The van der Waals surface area contributed by atoms with Crippen LogP contribution in [0, 0.1) is 0 Å². The molecule has 1 N–H and O–H groups in total. The van der Waals surface area contributed by atoms with Crippen molar-refractivity contribution in [2.45, 2.75) is 0 Å². The summed E-state index contributed by atoms with van der Waals surface area (Å²) in [6, 6.07) is 9.54. The SMILES string of the molecule is O=c1[nH]n(-c2ccc(Br)cc2)c2ccncc12. The molecule has 2 heterocycles. The van der Waals surface area contributed by atoms with Crippen molar-refractivity contribution in [3.8, 4) is 5.69 Å². The Bertz CT molecular complexity index is 727. The van der Waals surface area contributed by atoms with Gasteiger partial charge in [-0.25, -0.2) is 0 Å². The van der Waals surface area contributed by atoms with Gasteiger partial charge in [0.1, 0.15) is 0 Å². The van der Waals surface area contributed by atoms with Gasteiger partial charge in [0.25, 0.3) is 5.56 Å². The molecular weight excluding hydrogens is 282 g/mol. The van der Waals surface area contributed by atoms with Crippen LogP contribution < -0.4 is 5.56 Å². The van der Waals surface area contributed by atoms with Crippen LogP contribution in [0.2, 0.25) is 0 Å². The smallest absolute Gasteiger partial charge is 0.267 e. The second-order valence-electron chi connectivity index (χ2n) is 3.65. The van der Waals surface area contributed by atoms with Crippen LogP contribution in [0.25, 0.3) is 16.6 Å². The molecule has 0 fully saturated rings. The molecule has 3 rings (SSSR count). The van der Waals surface area contributed by atoms with Gasteiger partial charge in [0.05, 0.1) is 16.6 Å². The highest BCUT2D eigenvalue weighted by molar-refractivity contribution is 9.10. The molecule has 0 bridgehead atoms. The molecule has 0 aliphatic carbocycles. The topological polar surface area (TPSA) is 50.7 Å². The standard InChI is InChI=1S/C12H8BrN3O/c13-8-1-3-9(4-2-8)16-11-5-6-14-7-10(11)12(17)15-16/h1-7H,(H,15,17).